The predicted octanol–water partition coefficient (Wildman–Crippen LogP) is 2.39. The molecule has 0 aliphatic carbocycles. The molecule has 16 heavy (non-hydrogen) atoms. The summed E-state index contributed by atoms with van der Waals surface area (Å²) in [6.45, 7) is 8.52. The van der Waals surface area contributed by atoms with Crippen LogP contribution in [0.3, 0.4) is 0 Å². The molecule has 0 saturated heterocycles. The lowest BCUT2D eigenvalue weighted by Crippen LogP contribution is -2.35. The molecule has 0 amide bonds. The molecule has 0 heterocycles. The van der Waals surface area contributed by atoms with Crippen LogP contribution in [0.25, 0.3) is 0 Å². The van der Waals surface area contributed by atoms with Gasteiger partial charge in [0, 0.05) is 12.6 Å². The molecular weight excluding hydrogens is 198 g/mol. The van der Waals surface area contributed by atoms with Gasteiger partial charge in [0.1, 0.15) is 0 Å². The second kappa shape index (κ2) is 9.62. The first-order chi connectivity index (χ1) is 7.65. The molecule has 0 aliphatic heterocycles. The number of nitrogens with zero attached hydrogens (tertiary/aromatic N) is 2. The van der Waals surface area contributed by atoms with E-state index in [2.05, 4.69) is 44.1 Å². The Balaban J connectivity index is 3.79. The van der Waals surface area contributed by atoms with Crippen molar-refractivity contribution in [1.82, 2.24) is 10.2 Å². The highest BCUT2D eigenvalue weighted by molar-refractivity contribution is 4.90. The monoisotopic (exact) mass is 225 g/mol. The first-order valence-corrected chi connectivity index (χ1v) is 6.48. The normalized spacial score (nSPS) is 14.8. The van der Waals surface area contributed by atoms with Crippen LogP contribution in [0.2, 0.25) is 0 Å². The summed E-state index contributed by atoms with van der Waals surface area (Å²) in [4.78, 5) is 2.35. The molecule has 0 aromatic rings. The molecule has 3 heteroatoms. The molecule has 0 saturated carbocycles. The van der Waals surface area contributed by atoms with Gasteiger partial charge in [-0.05, 0) is 39.8 Å². The van der Waals surface area contributed by atoms with Crippen LogP contribution in [-0.4, -0.2) is 37.1 Å². The van der Waals surface area contributed by atoms with E-state index in [0.717, 1.165) is 25.9 Å². The summed E-state index contributed by atoms with van der Waals surface area (Å²) in [5.74, 6) is 0. The van der Waals surface area contributed by atoms with E-state index in [9.17, 15) is 0 Å². The molecule has 0 radical (unpaired) electrons. The van der Waals surface area contributed by atoms with Gasteiger partial charge in [-0.1, -0.05) is 20.3 Å². The number of hydrogen-bond donors (Lipinski definition) is 1. The summed E-state index contributed by atoms with van der Waals surface area (Å²) < 4.78 is 0. The molecule has 0 spiro atoms. The number of nitriles is 1. The SMILES string of the molecule is CCCNC(C#N)CCN(C)C(C)CCC. The van der Waals surface area contributed by atoms with Crippen LogP contribution < -0.4 is 5.32 Å². The van der Waals surface area contributed by atoms with E-state index in [1.54, 1.807) is 0 Å². The van der Waals surface area contributed by atoms with E-state index in [0.29, 0.717) is 6.04 Å². The minimum atomic E-state index is 0.0104. The van der Waals surface area contributed by atoms with Crippen LogP contribution in [0.4, 0.5) is 0 Å². The van der Waals surface area contributed by atoms with Crippen LogP contribution in [0.1, 0.15) is 46.5 Å². The molecule has 3 nitrogen and oxygen atoms in total. The smallest absolute Gasteiger partial charge is 0.0965 e. The highest BCUT2D eigenvalue weighted by Gasteiger charge is 2.11. The maximum atomic E-state index is 8.98. The Morgan fingerprint density at radius 2 is 1.94 bits per heavy atom. The molecule has 1 N–H and O–H groups in total. The largest absolute Gasteiger partial charge is 0.304 e. The highest BCUT2D eigenvalue weighted by Crippen LogP contribution is 2.05. The third-order valence-corrected chi connectivity index (χ3v) is 3.03. The van der Waals surface area contributed by atoms with Gasteiger partial charge in [0.05, 0.1) is 12.1 Å². The average Bonchev–Trinajstić information content (AvgIpc) is 2.29. The fourth-order valence-electron chi connectivity index (χ4n) is 1.72. The second-order valence-corrected chi connectivity index (χ2v) is 4.54. The number of rotatable bonds is 9. The van der Waals surface area contributed by atoms with Crippen LogP contribution in [0.15, 0.2) is 0 Å². The summed E-state index contributed by atoms with van der Waals surface area (Å²) >= 11 is 0. The van der Waals surface area contributed by atoms with E-state index >= 15 is 0 Å². The standard InChI is InChI=1S/C13H27N3/c1-5-7-12(3)16(4)10-8-13(11-14)15-9-6-2/h12-13,15H,5-10H2,1-4H3. The Labute approximate surface area is 101 Å². The molecule has 94 valence electrons. The van der Waals surface area contributed by atoms with Gasteiger partial charge in [-0.15, -0.1) is 0 Å². The summed E-state index contributed by atoms with van der Waals surface area (Å²) in [7, 11) is 2.15. The third kappa shape index (κ3) is 6.81. The van der Waals surface area contributed by atoms with Gasteiger partial charge in [-0.3, -0.25) is 0 Å². The lowest BCUT2D eigenvalue weighted by atomic mass is 10.1. The fraction of sp³-hybridized carbons (Fsp3) is 0.923. The highest BCUT2D eigenvalue weighted by atomic mass is 15.1. The van der Waals surface area contributed by atoms with Crippen molar-refractivity contribution in [1.29, 1.82) is 5.26 Å². The maximum absolute atomic E-state index is 8.98. The first kappa shape index (κ1) is 15.4. The molecule has 0 aromatic carbocycles. The van der Waals surface area contributed by atoms with Crippen molar-refractivity contribution in [3.05, 3.63) is 0 Å². The molecule has 0 rings (SSSR count). The van der Waals surface area contributed by atoms with Crippen molar-refractivity contribution < 1.29 is 0 Å². The van der Waals surface area contributed by atoms with Gasteiger partial charge >= 0.3 is 0 Å². The lowest BCUT2D eigenvalue weighted by molar-refractivity contribution is 0.236. The first-order valence-electron chi connectivity index (χ1n) is 6.48. The van der Waals surface area contributed by atoms with E-state index in [1.165, 1.54) is 12.8 Å². The molecule has 0 aliphatic rings. The molecule has 0 fully saturated rings. The number of nitrogens with one attached hydrogen (secondary N) is 1. The summed E-state index contributed by atoms with van der Waals surface area (Å²) in [5, 5.41) is 12.2. The van der Waals surface area contributed by atoms with Crippen molar-refractivity contribution in [2.24, 2.45) is 0 Å². The Kier molecular flexibility index (Phi) is 9.27. The van der Waals surface area contributed by atoms with Crippen molar-refractivity contribution in [3.8, 4) is 6.07 Å². The summed E-state index contributed by atoms with van der Waals surface area (Å²) in [6, 6.07) is 2.96. The van der Waals surface area contributed by atoms with Crippen LogP contribution >= 0.6 is 0 Å². The van der Waals surface area contributed by atoms with Gasteiger partial charge in [0.25, 0.3) is 0 Å². The maximum Gasteiger partial charge on any atom is 0.0965 e. The van der Waals surface area contributed by atoms with Gasteiger partial charge < -0.3 is 10.2 Å². The van der Waals surface area contributed by atoms with Crippen molar-refractivity contribution in [2.45, 2.75) is 58.5 Å². The minimum absolute atomic E-state index is 0.0104. The topological polar surface area (TPSA) is 39.1 Å². The Morgan fingerprint density at radius 1 is 1.25 bits per heavy atom. The van der Waals surface area contributed by atoms with Gasteiger partial charge in [0.15, 0.2) is 0 Å². The van der Waals surface area contributed by atoms with E-state index in [1.807, 2.05) is 0 Å². The third-order valence-electron chi connectivity index (χ3n) is 3.03. The van der Waals surface area contributed by atoms with Crippen LogP contribution in [0.5, 0.6) is 0 Å². The summed E-state index contributed by atoms with van der Waals surface area (Å²) in [5.41, 5.74) is 0. The van der Waals surface area contributed by atoms with Gasteiger partial charge in [-0.2, -0.15) is 5.26 Å². The van der Waals surface area contributed by atoms with Crippen molar-refractivity contribution in [2.75, 3.05) is 20.1 Å². The lowest BCUT2D eigenvalue weighted by Gasteiger charge is -2.25. The second-order valence-electron chi connectivity index (χ2n) is 4.54. The molecule has 0 bridgehead atoms. The zero-order chi connectivity index (χ0) is 12.4. The van der Waals surface area contributed by atoms with Crippen LogP contribution in [0, 0.1) is 11.3 Å². The van der Waals surface area contributed by atoms with E-state index in [4.69, 9.17) is 5.26 Å². The molecule has 2 unspecified atom stereocenters. The predicted molar refractivity (Wildman–Crippen MR) is 69.3 cm³/mol. The van der Waals surface area contributed by atoms with Gasteiger partial charge in [-0.25, -0.2) is 0 Å². The average molecular weight is 225 g/mol. The van der Waals surface area contributed by atoms with Gasteiger partial charge in [0.2, 0.25) is 0 Å². The summed E-state index contributed by atoms with van der Waals surface area (Å²) in [6.07, 6.45) is 4.46. The minimum Gasteiger partial charge on any atom is -0.304 e. The Morgan fingerprint density at radius 3 is 2.44 bits per heavy atom. The Bertz CT molecular complexity index is 198. The zero-order valence-electron chi connectivity index (χ0n) is 11.3. The molecule has 0 aromatic heterocycles. The zero-order valence-corrected chi connectivity index (χ0v) is 11.3. The van der Waals surface area contributed by atoms with E-state index < -0.39 is 0 Å². The molecule has 2 atom stereocenters. The van der Waals surface area contributed by atoms with Crippen molar-refractivity contribution >= 4 is 0 Å². The quantitative estimate of drug-likeness (QED) is 0.655. The Hall–Kier alpha value is -0.590. The fourth-order valence-corrected chi connectivity index (χ4v) is 1.72. The van der Waals surface area contributed by atoms with Crippen molar-refractivity contribution in [3.63, 3.8) is 0 Å². The van der Waals surface area contributed by atoms with E-state index in [-0.39, 0.29) is 6.04 Å². The van der Waals surface area contributed by atoms with Crippen LogP contribution in [-0.2, 0) is 0 Å². The molecular formula is C13H27N3. The number of hydrogen-bond acceptors (Lipinski definition) is 3.